The van der Waals surface area contributed by atoms with Crippen LogP contribution in [-0.4, -0.2) is 43.4 Å². The molecule has 0 aliphatic heterocycles. The number of rotatable bonds is 5. The van der Waals surface area contributed by atoms with Crippen molar-refractivity contribution in [2.75, 3.05) is 13.2 Å². The summed E-state index contributed by atoms with van der Waals surface area (Å²) in [6, 6.07) is 0. The van der Waals surface area contributed by atoms with Crippen LogP contribution >= 0.6 is 0 Å². The maximum absolute atomic E-state index is 11.8. The predicted octanol–water partition coefficient (Wildman–Crippen LogP) is 0.337. The second-order valence-corrected chi connectivity index (χ2v) is 6.67. The zero-order valence-electron chi connectivity index (χ0n) is 11.9. The monoisotopic (exact) mass is 305 g/mol. The van der Waals surface area contributed by atoms with Gasteiger partial charge in [0.25, 0.3) is 0 Å². The minimum Gasteiger partial charge on any atom is -0.458 e. The summed E-state index contributed by atoms with van der Waals surface area (Å²) in [5.74, 6) is -0.865. The molecule has 1 aromatic heterocycles. The van der Waals surface area contributed by atoms with Crippen molar-refractivity contribution in [2.45, 2.75) is 38.2 Å². The van der Waals surface area contributed by atoms with E-state index in [-0.39, 0.29) is 35.1 Å². The minimum atomic E-state index is -4.05. The minimum absolute atomic E-state index is 0.00787. The Balaban J connectivity index is 2.71. The first kappa shape index (κ1) is 16.6. The summed E-state index contributed by atoms with van der Waals surface area (Å²) in [4.78, 5) is 11.4. The van der Waals surface area contributed by atoms with E-state index < -0.39 is 16.0 Å². The second kappa shape index (κ2) is 5.90. The van der Waals surface area contributed by atoms with Crippen molar-refractivity contribution in [2.24, 2.45) is 5.14 Å². The Morgan fingerprint density at radius 2 is 1.95 bits per heavy atom. The first-order valence-electron chi connectivity index (χ1n) is 5.91. The molecule has 0 spiro atoms. The summed E-state index contributed by atoms with van der Waals surface area (Å²) < 4.78 is 33.0. The van der Waals surface area contributed by atoms with Crippen molar-refractivity contribution in [3.8, 4) is 0 Å². The Morgan fingerprint density at radius 3 is 2.45 bits per heavy atom. The number of carbonyl (C=O) groups excluding carboxylic acids is 1. The van der Waals surface area contributed by atoms with Gasteiger partial charge in [0.1, 0.15) is 11.5 Å². The second-order valence-electron chi connectivity index (χ2n) is 5.17. The largest absolute Gasteiger partial charge is 0.458 e. The number of nitrogens with zero attached hydrogens (tertiary/aromatic N) is 1. The standard InChI is InChI=1S/C11H19N3O5S/c1-7-9(20(12,16)17)8(14-13-7)10(15)18-5-6-19-11(2,3)4/h5-6H2,1-4H3,(H,13,14)(H2,12,16,17). The van der Waals surface area contributed by atoms with Gasteiger partial charge < -0.3 is 9.47 Å². The molecule has 0 bridgehead atoms. The van der Waals surface area contributed by atoms with Crippen LogP contribution in [0.4, 0.5) is 0 Å². The molecular formula is C11H19N3O5S. The van der Waals surface area contributed by atoms with Crippen molar-refractivity contribution in [3.63, 3.8) is 0 Å². The summed E-state index contributed by atoms with van der Waals surface area (Å²) >= 11 is 0. The maximum atomic E-state index is 11.8. The maximum Gasteiger partial charge on any atom is 0.360 e. The highest BCUT2D eigenvalue weighted by molar-refractivity contribution is 7.89. The first-order valence-corrected chi connectivity index (χ1v) is 7.46. The van der Waals surface area contributed by atoms with Crippen LogP contribution in [0.5, 0.6) is 0 Å². The Bertz CT molecular complexity index is 586. The molecule has 114 valence electrons. The van der Waals surface area contributed by atoms with Crippen LogP contribution in [0.1, 0.15) is 37.0 Å². The van der Waals surface area contributed by atoms with Crippen molar-refractivity contribution < 1.29 is 22.7 Å². The van der Waals surface area contributed by atoms with E-state index >= 15 is 0 Å². The summed E-state index contributed by atoms with van der Waals surface area (Å²) in [6.07, 6.45) is 0. The molecule has 0 amide bonds. The molecule has 0 saturated heterocycles. The topological polar surface area (TPSA) is 124 Å². The Kier molecular flexibility index (Phi) is 4.90. The molecule has 20 heavy (non-hydrogen) atoms. The highest BCUT2D eigenvalue weighted by Gasteiger charge is 2.26. The Labute approximate surface area is 117 Å². The Hall–Kier alpha value is -1.45. The molecular weight excluding hydrogens is 286 g/mol. The van der Waals surface area contributed by atoms with Crippen LogP contribution in [0.25, 0.3) is 0 Å². The smallest absolute Gasteiger partial charge is 0.360 e. The van der Waals surface area contributed by atoms with Crippen LogP contribution < -0.4 is 5.14 Å². The molecule has 0 fully saturated rings. The van der Waals surface area contributed by atoms with Crippen LogP contribution in [-0.2, 0) is 19.5 Å². The molecule has 0 aliphatic rings. The van der Waals surface area contributed by atoms with Crippen molar-refractivity contribution in [3.05, 3.63) is 11.4 Å². The fraction of sp³-hybridized carbons (Fsp3) is 0.636. The van der Waals surface area contributed by atoms with Crippen molar-refractivity contribution in [1.82, 2.24) is 10.2 Å². The number of aromatic nitrogens is 2. The first-order chi connectivity index (χ1) is 9.02. The summed E-state index contributed by atoms with van der Waals surface area (Å²) in [5, 5.41) is 11.0. The lowest BCUT2D eigenvalue weighted by Gasteiger charge is -2.19. The molecule has 9 heteroatoms. The number of ether oxygens (including phenoxy) is 2. The number of H-pyrrole nitrogens is 1. The molecule has 0 atom stereocenters. The number of nitrogens with one attached hydrogen (secondary N) is 1. The van der Waals surface area contributed by atoms with E-state index in [4.69, 9.17) is 14.6 Å². The molecule has 0 saturated carbocycles. The number of aryl methyl sites for hydroxylation is 1. The summed E-state index contributed by atoms with van der Waals surface area (Å²) in [7, 11) is -4.05. The lowest BCUT2D eigenvalue weighted by molar-refractivity contribution is -0.0284. The van der Waals surface area contributed by atoms with Gasteiger partial charge in [-0.15, -0.1) is 0 Å². The van der Waals surface area contributed by atoms with Gasteiger partial charge in [-0.3, -0.25) is 5.10 Å². The summed E-state index contributed by atoms with van der Waals surface area (Å²) in [6.45, 7) is 7.24. The number of nitrogens with two attached hydrogens (primary N) is 1. The number of esters is 1. The molecule has 1 aromatic rings. The van der Waals surface area contributed by atoms with E-state index in [1.165, 1.54) is 6.92 Å². The number of aromatic amines is 1. The fourth-order valence-corrected chi connectivity index (χ4v) is 2.33. The molecule has 3 N–H and O–H groups in total. The van der Waals surface area contributed by atoms with E-state index in [9.17, 15) is 13.2 Å². The van der Waals surface area contributed by atoms with E-state index in [2.05, 4.69) is 10.2 Å². The number of hydrogen-bond acceptors (Lipinski definition) is 6. The van der Waals surface area contributed by atoms with Crippen LogP contribution in [0.15, 0.2) is 4.90 Å². The van der Waals surface area contributed by atoms with Crippen LogP contribution in [0.2, 0.25) is 0 Å². The molecule has 0 unspecified atom stereocenters. The van der Waals surface area contributed by atoms with Gasteiger partial charge in [-0.05, 0) is 27.7 Å². The molecule has 0 aromatic carbocycles. The normalized spacial score (nSPS) is 12.4. The highest BCUT2D eigenvalue weighted by Crippen LogP contribution is 2.16. The lowest BCUT2D eigenvalue weighted by Crippen LogP contribution is -2.23. The third-order valence-electron chi connectivity index (χ3n) is 2.22. The highest BCUT2D eigenvalue weighted by atomic mass is 32.2. The Morgan fingerprint density at radius 1 is 1.35 bits per heavy atom. The number of primary sulfonamides is 1. The van der Waals surface area contributed by atoms with Gasteiger partial charge in [0.05, 0.1) is 17.9 Å². The van der Waals surface area contributed by atoms with E-state index in [0.717, 1.165) is 0 Å². The molecule has 1 rings (SSSR count). The van der Waals surface area contributed by atoms with E-state index in [1.807, 2.05) is 20.8 Å². The zero-order valence-corrected chi connectivity index (χ0v) is 12.7. The molecule has 1 heterocycles. The van der Waals surface area contributed by atoms with Gasteiger partial charge in [0.2, 0.25) is 10.0 Å². The fourth-order valence-electron chi connectivity index (χ4n) is 1.46. The third kappa shape index (κ3) is 4.58. The molecule has 8 nitrogen and oxygen atoms in total. The van der Waals surface area contributed by atoms with Gasteiger partial charge in [-0.25, -0.2) is 18.4 Å². The van der Waals surface area contributed by atoms with Gasteiger partial charge in [0, 0.05) is 0 Å². The van der Waals surface area contributed by atoms with Crippen molar-refractivity contribution >= 4 is 16.0 Å². The average Bonchev–Trinajstić information content (AvgIpc) is 2.64. The quantitative estimate of drug-likeness (QED) is 0.597. The van der Waals surface area contributed by atoms with Gasteiger partial charge in [0.15, 0.2) is 5.69 Å². The van der Waals surface area contributed by atoms with Crippen LogP contribution in [0, 0.1) is 6.92 Å². The van der Waals surface area contributed by atoms with Crippen molar-refractivity contribution in [1.29, 1.82) is 0 Å². The lowest BCUT2D eigenvalue weighted by atomic mass is 10.2. The van der Waals surface area contributed by atoms with Gasteiger partial charge >= 0.3 is 5.97 Å². The number of hydrogen-bond donors (Lipinski definition) is 2. The van der Waals surface area contributed by atoms with E-state index in [0.29, 0.717) is 0 Å². The molecule has 0 radical (unpaired) electrons. The van der Waals surface area contributed by atoms with Gasteiger partial charge in [-0.2, -0.15) is 5.10 Å². The zero-order chi connectivity index (χ0) is 15.6. The molecule has 0 aliphatic carbocycles. The van der Waals surface area contributed by atoms with Crippen LogP contribution in [0.3, 0.4) is 0 Å². The summed E-state index contributed by atoms with van der Waals surface area (Å²) in [5.41, 5.74) is -0.507. The average molecular weight is 305 g/mol. The predicted molar refractivity (Wildman–Crippen MR) is 70.7 cm³/mol. The number of carbonyl (C=O) groups is 1. The third-order valence-corrected chi connectivity index (χ3v) is 3.29. The number of sulfonamides is 1. The van der Waals surface area contributed by atoms with E-state index in [1.54, 1.807) is 0 Å². The van der Waals surface area contributed by atoms with Gasteiger partial charge in [-0.1, -0.05) is 0 Å². The SMILES string of the molecule is Cc1[nH]nc(C(=O)OCCOC(C)(C)C)c1S(N)(=O)=O.